The molecule has 0 saturated carbocycles. The van der Waals surface area contributed by atoms with Gasteiger partial charge >= 0.3 is 0 Å². The molecule has 0 aliphatic heterocycles. The van der Waals surface area contributed by atoms with Crippen molar-refractivity contribution >= 4 is 63.9 Å². The normalized spacial score (nSPS) is 11.3. The standard InChI is InChI=1S/C40H50N8O5/c1-6-11-30(25-50)48(5)40(53)39-27(24-49)12-9-13-33(39)44-16-7-8-17-45-37(51)14-10-15-38(52)47-36-20-29-18-28(19-34(41-3)32(29)22-46-36)31-21-43-23-35(42-4)26(31)2/h9,12-13,18-25,30,41-42,44H,6-8,10-11,14-17H2,1-5H3,(H,45,51)(H,46,47,52). The summed E-state index contributed by atoms with van der Waals surface area (Å²) in [5.41, 5.74) is 5.92. The molecule has 0 aliphatic carbocycles. The molecule has 0 radical (unpaired) electrons. The molecule has 13 heteroatoms. The highest BCUT2D eigenvalue weighted by molar-refractivity contribution is 6.07. The molecule has 13 nitrogen and oxygen atoms in total. The molecule has 4 rings (SSSR count). The largest absolute Gasteiger partial charge is 0.388 e. The minimum Gasteiger partial charge on any atom is -0.388 e. The van der Waals surface area contributed by atoms with E-state index in [0.29, 0.717) is 56.6 Å². The molecule has 0 bridgehead atoms. The zero-order valence-electron chi connectivity index (χ0n) is 31.2. The zero-order chi connectivity index (χ0) is 38.3. The SMILES string of the molecule is CCCC(C=O)N(C)C(=O)c1c(C=O)cccc1NCCCCNC(=O)CCCC(=O)Nc1cc2cc(-c3cncc(NC)c3C)cc(NC)c2cn1. The van der Waals surface area contributed by atoms with Gasteiger partial charge in [0, 0.05) is 87.4 Å². The fraction of sp³-hybridized carbons (Fsp3) is 0.375. The quantitative estimate of drug-likeness (QED) is 0.0533. The Morgan fingerprint density at radius 3 is 2.36 bits per heavy atom. The van der Waals surface area contributed by atoms with Gasteiger partial charge in [-0.1, -0.05) is 25.5 Å². The van der Waals surface area contributed by atoms with Gasteiger partial charge in [0.05, 0.1) is 23.5 Å². The van der Waals surface area contributed by atoms with Crippen molar-refractivity contribution in [1.82, 2.24) is 20.2 Å². The molecule has 53 heavy (non-hydrogen) atoms. The lowest BCUT2D eigenvalue weighted by molar-refractivity contribution is -0.121. The van der Waals surface area contributed by atoms with Crippen molar-refractivity contribution in [3.05, 3.63) is 71.7 Å². The molecule has 280 valence electrons. The van der Waals surface area contributed by atoms with Gasteiger partial charge in [0.1, 0.15) is 12.1 Å². The Labute approximate surface area is 310 Å². The number of benzene rings is 2. The van der Waals surface area contributed by atoms with E-state index in [1.165, 1.54) is 4.90 Å². The molecule has 2 heterocycles. The van der Waals surface area contributed by atoms with Gasteiger partial charge in [-0.25, -0.2) is 4.98 Å². The molecule has 2 aromatic carbocycles. The third kappa shape index (κ3) is 10.4. The second-order valence-corrected chi connectivity index (χ2v) is 12.9. The van der Waals surface area contributed by atoms with Gasteiger partial charge in [0.2, 0.25) is 11.8 Å². The summed E-state index contributed by atoms with van der Waals surface area (Å²) < 4.78 is 0. The Balaban J connectivity index is 1.22. The van der Waals surface area contributed by atoms with Crippen LogP contribution in [0.5, 0.6) is 0 Å². The number of hydrogen-bond donors (Lipinski definition) is 5. The number of fused-ring (bicyclic) bond motifs is 1. The van der Waals surface area contributed by atoms with E-state index >= 15 is 0 Å². The lowest BCUT2D eigenvalue weighted by Gasteiger charge is -2.25. The molecule has 1 unspecified atom stereocenters. The van der Waals surface area contributed by atoms with E-state index in [9.17, 15) is 24.0 Å². The number of carbonyl (C=O) groups is 5. The van der Waals surface area contributed by atoms with Crippen LogP contribution in [0.4, 0.5) is 22.9 Å². The van der Waals surface area contributed by atoms with Crippen LogP contribution in [0.1, 0.15) is 78.1 Å². The number of likely N-dealkylation sites (N-methyl/N-ethyl adjacent to an activating group) is 1. The lowest BCUT2D eigenvalue weighted by atomic mass is 9.98. The summed E-state index contributed by atoms with van der Waals surface area (Å²) in [6.07, 6.45) is 10.2. The zero-order valence-corrected chi connectivity index (χ0v) is 31.2. The van der Waals surface area contributed by atoms with Crippen LogP contribution in [0.3, 0.4) is 0 Å². The van der Waals surface area contributed by atoms with Crippen LogP contribution in [-0.4, -0.2) is 85.4 Å². The number of unbranched alkanes of at least 4 members (excludes halogenated alkanes) is 1. The predicted octanol–water partition coefficient (Wildman–Crippen LogP) is 6.06. The third-order valence-electron chi connectivity index (χ3n) is 9.22. The molecular weight excluding hydrogens is 672 g/mol. The molecule has 5 N–H and O–H groups in total. The summed E-state index contributed by atoms with van der Waals surface area (Å²) in [6.45, 7) is 4.95. The van der Waals surface area contributed by atoms with Gasteiger partial charge < -0.3 is 36.3 Å². The first-order chi connectivity index (χ1) is 25.6. The third-order valence-corrected chi connectivity index (χ3v) is 9.22. The molecule has 1 atom stereocenters. The van der Waals surface area contributed by atoms with Crippen LogP contribution in [0.15, 0.2) is 55.0 Å². The van der Waals surface area contributed by atoms with E-state index in [1.807, 2.05) is 40.2 Å². The number of nitrogens with zero attached hydrogens (tertiary/aromatic N) is 3. The number of anilines is 4. The smallest absolute Gasteiger partial charge is 0.257 e. The minimum atomic E-state index is -0.573. The maximum absolute atomic E-state index is 13.3. The van der Waals surface area contributed by atoms with Crippen molar-refractivity contribution in [3.8, 4) is 11.1 Å². The van der Waals surface area contributed by atoms with Crippen LogP contribution in [-0.2, 0) is 14.4 Å². The predicted molar refractivity (Wildman–Crippen MR) is 211 cm³/mol. The highest BCUT2D eigenvalue weighted by atomic mass is 16.2. The van der Waals surface area contributed by atoms with E-state index in [2.05, 4.69) is 48.7 Å². The van der Waals surface area contributed by atoms with Crippen molar-refractivity contribution < 1.29 is 24.0 Å². The van der Waals surface area contributed by atoms with Crippen molar-refractivity contribution in [2.75, 3.05) is 55.5 Å². The molecule has 3 amide bonds. The van der Waals surface area contributed by atoms with E-state index < -0.39 is 11.9 Å². The maximum Gasteiger partial charge on any atom is 0.257 e. The molecule has 0 saturated heterocycles. The van der Waals surface area contributed by atoms with Crippen LogP contribution in [0.25, 0.3) is 21.9 Å². The van der Waals surface area contributed by atoms with Crippen LogP contribution in [0.2, 0.25) is 0 Å². The summed E-state index contributed by atoms with van der Waals surface area (Å²) in [5.74, 6) is -0.327. The average Bonchev–Trinajstić information content (AvgIpc) is 3.17. The number of amides is 3. The Morgan fingerprint density at radius 1 is 0.887 bits per heavy atom. The molecule has 0 aliphatic rings. The molecule has 4 aromatic rings. The Morgan fingerprint density at radius 2 is 1.64 bits per heavy atom. The monoisotopic (exact) mass is 722 g/mol. The summed E-state index contributed by atoms with van der Waals surface area (Å²) in [4.78, 5) is 72.0. The lowest BCUT2D eigenvalue weighted by Crippen LogP contribution is -2.38. The number of rotatable bonds is 20. The van der Waals surface area contributed by atoms with Crippen LogP contribution in [0, 0.1) is 6.92 Å². The average molecular weight is 723 g/mol. The van der Waals surface area contributed by atoms with E-state index in [1.54, 1.807) is 37.6 Å². The summed E-state index contributed by atoms with van der Waals surface area (Å²) in [7, 11) is 5.29. The van der Waals surface area contributed by atoms with Gasteiger partial charge in [-0.2, -0.15) is 0 Å². The maximum atomic E-state index is 13.3. The van der Waals surface area contributed by atoms with Crippen molar-refractivity contribution in [2.24, 2.45) is 0 Å². The summed E-state index contributed by atoms with van der Waals surface area (Å²) in [5, 5.41) is 17.2. The Hall–Kier alpha value is -5.85. The highest BCUT2D eigenvalue weighted by Gasteiger charge is 2.24. The van der Waals surface area contributed by atoms with Crippen molar-refractivity contribution in [3.63, 3.8) is 0 Å². The second-order valence-electron chi connectivity index (χ2n) is 12.9. The minimum absolute atomic E-state index is 0.139. The fourth-order valence-corrected chi connectivity index (χ4v) is 6.19. The second kappa shape index (κ2) is 19.7. The number of aromatic nitrogens is 2. The molecular formula is C40H50N8O5. The summed E-state index contributed by atoms with van der Waals surface area (Å²) >= 11 is 0. The number of pyridine rings is 2. The van der Waals surface area contributed by atoms with Crippen LogP contribution < -0.4 is 26.6 Å². The van der Waals surface area contributed by atoms with E-state index in [-0.39, 0.29) is 35.8 Å². The first-order valence-corrected chi connectivity index (χ1v) is 18.0. The van der Waals surface area contributed by atoms with Gasteiger partial charge in [0.25, 0.3) is 5.91 Å². The highest BCUT2D eigenvalue weighted by Crippen LogP contribution is 2.34. The number of carbonyl (C=O) groups excluding carboxylic acids is 5. The fourth-order valence-electron chi connectivity index (χ4n) is 6.19. The van der Waals surface area contributed by atoms with Crippen molar-refractivity contribution in [2.45, 2.75) is 64.8 Å². The van der Waals surface area contributed by atoms with E-state index in [0.717, 1.165) is 51.5 Å². The molecule has 2 aromatic heterocycles. The molecule has 0 fully saturated rings. The Bertz CT molecular complexity index is 1930. The topological polar surface area (TPSA) is 175 Å². The number of aldehydes is 2. The number of nitrogens with one attached hydrogen (secondary N) is 5. The van der Waals surface area contributed by atoms with Gasteiger partial charge in [-0.3, -0.25) is 24.2 Å². The molecule has 0 spiro atoms. The first kappa shape index (κ1) is 39.9. The van der Waals surface area contributed by atoms with Gasteiger partial charge in [0.15, 0.2) is 6.29 Å². The summed E-state index contributed by atoms with van der Waals surface area (Å²) in [6, 6.07) is 10.4. The Kier molecular flexibility index (Phi) is 14.8. The van der Waals surface area contributed by atoms with Gasteiger partial charge in [-0.05, 0) is 73.4 Å². The van der Waals surface area contributed by atoms with E-state index in [4.69, 9.17) is 0 Å². The van der Waals surface area contributed by atoms with Crippen LogP contribution >= 0.6 is 0 Å². The first-order valence-electron chi connectivity index (χ1n) is 18.0. The number of hydrogen-bond acceptors (Lipinski definition) is 10. The van der Waals surface area contributed by atoms with Gasteiger partial charge in [-0.15, -0.1) is 0 Å². The van der Waals surface area contributed by atoms with Crippen molar-refractivity contribution in [1.29, 1.82) is 0 Å².